The fraction of sp³-hybridized carbons (Fsp3) is 0.294. The third kappa shape index (κ3) is 3.20. The number of pyridine rings is 1. The van der Waals surface area contributed by atoms with Gasteiger partial charge in [0.25, 0.3) is 0 Å². The van der Waals surface area contributed by atoms with Gasteiger partial charge >= 0.3 is 6.18 Å². The second-order valence-corrected chi connectivity index (χ2v) is 5.60. The number of benzene rings is 1. The number of aromatic nitrogens is 1. The summed E-state index contributed by atoms with van der Waals surface area (Å²) < 4.78 is 38.6. The van der Waals surface area contributed by atoms with Crippen molar-refractivity contribution in [3.63, 3.8) is 0 Å². The fourth-order valence-corrected chi connectivity index (χ4v) is 2.58. The molecule has 2 aromatic rings. The molecule has 0 aliphatic carbocycles. The molecule has 0 fully saturated rings. The van der Waals surface area contributed by atoms with E-state index in [1.807, 2.05) is 4.90 Å². The van der Waals surface area contributed by atoms with Gasteiger partial charge in [-0.15, -0.1) is 0 Å². The van der Waals surface area contributed by atoms with E-state index in [9.17, 15) is 18.0 Å². The molecular weight excluding hydrogens is 319 g/mol. The van der Waals surface area contributed by atoms with Crippen LogP contribution in [-0.2, 0) is 11.0 Å². The summed E-state index contributed by atoms with van der Waals surface area (Å²) in [4.78, 5) is 17.8. The van der Waals surface area contributed by atoms with Crippen LogP contribution < -0.4 is 10.2 Å². The molecule has 0 spiro atoms. The van der Waals surface area contributed by atoms with Crippen molar-refractivity contribution in [1.29, 1.82) is 0 Å². The van der Waals surface area contributed by atoms with Crippen molar-refractivity contribution in [3.8, 4) is 11.1 Å². The number of hydrogen-bond donors (Lipinski definition) is 1. The van der Waals surface area contributed by atoms with Crippen LogP contribution >= 0.6 is 0 Å². The Morgan fingerprint density at radius 1 is 1.29 bits per heavy atom. The minimum atomic E-state index is -4.39. The second kappa shape index (κ2) is 6.14. The number of rotatable bonds is 4. The summed E-state index contributed by atoms with van der Waals surface area (Å²) in [7, 11) is 0. The molecule has 0 saturated heterocycles. The smallest absolute Gasteiger partial charge is 0.351 e. The van der Waals surface area contributed by atoms with Crippen molar-refractivity contribution in [2.45, 2.75) is 19.5 Å². The highest BCUT2D eigenvalue weighted by Crippen LogP contribution is 2.35. The van der Waals surface area contributed by atoms with Gasteiger partial charge in [-0.2, -0.15) is 13.2 Å². The summed E-state index contributed by atoms with van der Waals surface area (Å²) in [6, 6.07) is 6.90. The number of halogens is 3. The molecule has 0 saturated carbocycles. The molecule has 24 heavy (non-hydrogen) atoms. The number of fused-ring (bicyclic) bond motifs is 1. The van der Waals surface area contributed by atoms with Gasteiger partial charge in [-0.3, -0.25) is 4.79 Å². The van der Waals surface area contributed by atoms with Crippen molar-refractivity contribution >= 4 is 17.3 Å². The highest BCUT2D eigenvalue weighted by atomic mass is 19.4. The van der Waals surface area contributed by atoms with Crippen LogP contribution in [0.2, 0.25) is 0 Å². The Morgan fingerprint density at radius 3 is 2.79 bits per heavy atom. The maximum Gasteiger partial charge on any atom is 0.416 e. The van der Waals surface area contributed by atoms with Crippen LogP contribution in [0.1, 0.15) is 18.9 Å². The van der Waals surface area contributed by atoms with Crippen molar-refractivity contribution in [1.82, 2.24) is 4.98 Å². The maximum absolute atomic E-state index is 12.9. The number of hydrogen-bond acceptors (Lipinski definition) is 4. The molecule has 126 valence electrons. The van der Waals surface area contributed by atoms with E-state index >= 15 is 0 Å². The summed E-state index contributed by atoms with van der Waals surface area (Å²) in [6.45, 7) is 2.51. The van der Waals surface area contributed by atoms with Gasteiger partial charge in [0.2, 0.25) is 0 Å². The normalized spacial score (nSPS) is 13.6. The topological polar surface area (TPSA) is 45.2 Å². The number of carbonyl (C=O) groups is 1. The number of anilines is 2. The number of carbonyl (C=O) groups excluding carboxylic acids is 1. The molecule has 1 aliphatic heterocycles. The van der Waals surface area contributed by atoms with Gasteiger partial charge in [-0.25, -0.2) is 4.98 Å². The predicted octanol–water partition coefficient (Wildman–Crippen LogP) is 3.94. The SMILES string of the molecule is CCC(=O)CN1CNc2ncc(-c3cccc(C(F)(F)F)c3)cc21. The molecular formula is C17H16F3N3O. The number of nitrogens with one attached hydrogen (secondary N) is 1. The summed E-state index contributed by atoms with van der Waals surface area (Å²) in [6.07, 6.45) is -2.42. The van der Waals surface area contributed by atoms with Crippen LogP contribution in [0.25, 0.3) is 11.1 Å². The lowest BCUT2D eigenvalue weighted by Gasteiger charge is -2.17. The first kappa shape index (κ1) is 16.3. The zero-order chi connectivity index (χ0) is 17.3. The maximum atomic E-state index is 12.9. The zero-order valence-electron chi connectivity index (χ0n) is 13.0. The molecule has 2 heterocycles. The van der Waals surface area contributed by atoms with Gasteiger partial charge in [0.15, 0.2) is 11.6 Å². The second-order valence-electron chi connectivity index (χ2n) is 5.60. The molecule has 7 heteroatoms. The summed E-state index contributed by atoms with van der Waals surface area (Å²) in [5, 5.41) is 3.08. The molecule has 0 radical (unpaired) electrons. The highest BCUT2D eigenvalue weighted by molar-refractivity contribution is 5.87. The van der Waals surface area contributed by atoms with E-state index in [2.05, 4.69) is 10.3 Å². The van der Waals surface area contributed by atoms with Crippen molar-refractivity contribution in [3.05, 3.63) is 42.1 Å². The minimum absolute atomic E-state index is 0.0918. The first-order valence-electron chi connectivity index (χ1n) is 7.56. The fourth-order valence-electron chi connectivity index (χ4n) is 2.58. The molecule has 0 bridgehead atoms. The molecule has 1 aromatic carbocycles. The first-order valence-corrected chi connectivity index (χ1v) is 7.56. The van der Waals surface area contributed by atoms with E-state index < -0.39 is 11.7 Å². The van der Waals surface area contributed by atoms with Crippen molar-refractivity contribution in [2.75, 3.05) is 23.4 Å². The number of Topliss-reactive ketones (excluding diaryl/α,β-unsaturated/α-hetero) is 1. The van der Waals surface area contributed by atoms with E-state index in [-0.39, 0.29) is 12.3 Å². The Kier molecular flexibility index (Phi) is 4.17. The Balaban J connectivity index is 1.94. The first-order chi connectivity index (χ1) is 11.4. The van der Waals surface area contributed by atoms with Gasteiger partial charge in [-0.1, -0.05) is 19.1 Å². The van der Waals surface area contributed by atoms with Crippen LogP contribution in [0.5, 0.6) is 0 Å². The standard InChI is InChI=1S/C17H16F3N3O/c1-2-14(24)9-23-10-22-16-15(23)7-12(8-21-16)11-4-3-5-13(6-11)17(18,19)20/h3-8H,2,9-10H2,1H3,(H,21,22). The molecule has 1 aliphatic rings. The summed E-state index contributed by atoms with van der Waals surface area (Å²) in [5.74, 6) is 0.726. The third-order valence-corrected chi connectivity index (χ3v) is 3.93. The van der Waals surface area contributed by atoms with Gasteiger partial charge in [-0.05, 0) is 23.8 Å². The van der Waals surface area contributed by atoms with E-state index in [0.29, 0.717) is 30.0 Å². The third-order valence-electron chi connectivity index (χ3n) is 3.93. The van der Waals surface area contributed by atoms with Gasteiger partial charge in [0, 0.05) is 18.2 Å². The molecule has 1 aromatic heterocycles. The van der Waals surface area contributed by atoms with Crippen LogP contribution in [-0.4, -0.2) is 24.0 Å². The van der Waals surface area contributed by atoms with Gasteiger partial charge < -0.3 is 10.2 Å². The predicted molar refractivity (Wildman–Crippen MR) is 85.8 cm³/mol. The Morgan fingerprint density at radius 2 is 2.08 bits per heavy atom. The van der Waals surface area contributed by atoms with Crippen molar-refractivity contribution < 1.29 is 18.0 Å². The number of nitrogens with zero attached hydrogens (tertiary/aromatic N) is 2. The Labute approximate surface area is 137 Å². The number of ketones is 1. The highest BCUT2D eigenvalue weighted by Gasteiger charge is 2.30. The van der Waals surface area contributed by atoms with Crippen LogP contribution in [0.15, 0.2) is 36.5 Å². The largest absolute Gasteiger partial charge is 0.416 e. The average molecular weight is 335 g/mol. The van der Waals surface area contributed by atoms with E-state index in [1.165, 1.54) is 12.3 Å². The average Bonchev–Trinajstić information content (AvgIpc) is 2.96. The number of alkyl halides is 3. The molecule has 1 N–H and O–H groups in total. The monoisotopic (exact) mass is 335 g/mol. The van der Waals surface area contributed by atoms with Crippen LogP contribution in [0.3, 0.4) is 0 Å². The lowest BCUT2D eigenvalue weighted by Crippen LogP contribution is -2.29. The van der Waals surface area contributed by atoms with E-state index in [1.54, 1.807) is 19.1 Å². The van der Waals surface area contributed by atoms with E-state index in [4.69, 9.17) is 0 Å². The molecule has 0 unspecified atom stereocenters. The molecule has 0 atom stereocenters. The molecule has 3 rings (SSSR count). The summed E-state index contributed by atoms with van der Waals surface area (Å²) in [5.41, 5.74) is 1.05. The Bertz CT molecular complexity index is 774. The lowest BCUT2D eigenvalue weighted by molar-refractivity contribution is -0.137. The van der Waals surface area contributed by atoms with E-state index in [0.717, 1.165) is 17.8 Å². The Hall–Kier alpha value is -2.57. The summed E-state index contributed by atoms with van der Waals surface area (Å²) >= 11 is 0. The lowest BCUT2D eigenvalue weighted by atomic mass is 10.0. The molecule has 0 amide bonds. The van der Waals surface area contributed by atoms with Crippen LogP contribution in [0.4, 0.5) is 24.7 Å². The van der Waals surface area contributed by atoms with Crippen LogP contribution in [0, 0.1) is 0 Å². The van der Waals surface area contributed by atoms with Gasteiger partial charge in [0.1, 0.15) is 0 Å². The van der Waals surface area contributed by atoms with Crippen molar-refractivity contribution in [2.24, 2.45) is 0 Å². The van der Waals surface area contributed by atoms with Gasteiger partial charge in [0.05, 0.1) is 24.5 Å². The zero-order valence-corrected chi connectivity index (χ0v) is 13.0. The minimum Gasteiger partial charge on any atom is -0.351 e. The quantitative estimate of drug-likeness (QED) is 0.919. The molecule has 4 nitrogen and oxygen atoms in total.